The summed E-state index contributed by atoms with van der Waals surface area (Å²) in [4.78, 5) is 24.7. The fraction of sp³-hybridized carbons (Fsp3) is 0.208. The van der Waals surface area contributed by atoms with Gasteiger partial charge >= 0.3 is 0 Å². The highest BCUT2D eigenvalue weighted by atomic mass is 16.5. The van der Waals surface area contributed by atoms with E-state index in [0.29, 0.717) is 18.7 Å². The predicted molar refractivity (Wildman–Crippen MR) is 118 cm³/mol. The molecule has 2 amide bonds. The fourth-order valence-corrected chi connectivity index (χ4v) is 2.90. The molecule has 0 bridgehead atoms. The number of aryl methyl sites for hydroxylation is 1. The van der Waals surface area contributed by atoms with Crippen molar-refractivity contribution in [1.29, 1.82) is 0 Å². The van der Waals surface area contributed by atoms with Gasteiger partial charge in [0.2, 0.25) is 5.91 Å². The van der Waals surface area contributed by atoms with Gasteiger partial charge in [-0.25, -0.2) is 0 Å². The van der Waals surface area contributed by atoms with Gasteiger partial charge in [-0.1, -0.05) is 47.6 Å². The van der Waals surface area contributed by atoms with E-state index in [2.05, 4.69) is 5.16 Å². The molecule has 1 heterocycles. The largest absolute Gasteiger partial charge is 0.484 e. The average Bonchev–Trinajstić information content (AvgIpc) is 3.26. The van der Waals surface area contributed by atoms with Gasteiger partial charge in [0.05, 0.1) is 0 Å². The van der Waals surface area contributed by atoms with Crippen LogP contribution < -0.4 is 10.5 Å². The lowest BCUT2D eigenvalue weighted by Crippen LogP contribution is -2.26. The number of ether oxygens (including phenoxy) is 1. The molecule has 0 unspecified atom stereocenters. The monoisotopic (exact) mass is 419 g/mol. The molecule has 0 aliphatic rings. The first kappa shape index (κ1) is 21.8. The first-order valence-corrected chi connectivity index (χ1v) is 9.96. The van der Waals surface area contributed by atoms with Gasteiger partial charge < -0.3 is 19.9 Å². The van der Waals surface area contributed by atoms with Crippen LogP contribution in [0, 0.1) is 0 Å². The quantitative estimate of drug-likeness (QED) is 0.508. The van der Waals surface area contributed by atoms with Crippen LogP contribution in [0.5, 0.6) is 5.75 Å². The molecule has 0 spiro atoms. The van der Waals surface area contributed by atoms with Crippen LogP contribution in [0.2, 0.25) is 0 Å². The predicted octanol–water partition coefficient (Wildman–Crippen LogP) is 3.31. The Hall–Kier alpha value is -3.87. The maximum absolute atomic E-state index is 12.3. The molecule has 7 nitrogen and oxygen atoms in total. The molecule has 0 atom stereocenters. The molecule has 31 heavy (non-hydrogen) atoms. The minimum Gasteiger partial charge on any atom is -0.484 e. The third-order valence-corrected chi connectivity index (χ3v) is 4.60. The van der Waals surface area contributed by atoms with Crippen molar-refractivity contribution in [2.75, 3.05) is 20.2 Å². The zero-order chi connectivity index (χ0) is 22.1. The van der Waals surface area contributed by atoms with Gasteiger partial charge in [-0.05, 0) is 30.2 Å². The number of hydrogen-bond donors (Lipinski definition) is 1. The average molecular weight is 419 g/mol. The second-order valence-electron chi connectivity index (χ2n) is 7.07. The number of carbonyl (C=O) groups is 2. The third kappa shape index (κ3) is 6.85. The van der Waals surface area contributed by atoms with Crippen LogP contribution in [0.15, 0.2) is 71.3 Å². The summed E-state index contributed by atoms with van der Waals surface area (Å²) in [5.74, 6) is 0.727. The Morgan fingerprint density at radius 1 is 1.13 bits per heavy atom. The zero-order valence-corrected chi connectivity index (χ0v) is 17.4. The van der Waals surface area contributed by atoms with Gasteiger partial charge in [0, 0.05) is 37.7 Å². The van der Waals surface area contributed by atoms with E-state index in [9.17, 15) is 9.59 Å². The van der Waals surface area contributed by atoms with E-state index < -0.39 is 5.91 Å². The molecule has 0 aliphatic carbocycles. The van der Waals surface area contributed by atoms with E-state index in [-0.39, 0.29) is 12.5 Å². The summed E-state index contributed by atoms with van der Waals surface area (Å²) in [6.07, 6.45) is 4.74. The molecule has 3 aromatic rings. The van der Waals surface area contributed by atoms with Gasteiger partial charge in [-0.2, -0.15) is 0 Å². The number of nitrogens with zero attached hydrogens (tertiary/aromatic N) is 2. The summed E-state index contributed by atoms with van der Waals surface area (Å²) in [6, 6.07) is 18.8. The number of hydrogen-bond acceptors (Lipinski definition) is 5. The van der Waals surface area contributed by atoms with Crippen LogP contribution in [-0.2, 0) is 16.0 Å². The van der Waals surface area contributed by atoms with Crippen LogP contribution in [0.25, 0.3) is 17.3 Å². The molecule has 2 N–H and O–H groups in total. The van der Waals surface area contributed by atoms with Gasteiger partial charge in [-0.3, -0.25) is 9.59 Å². The smallest absolute Gasteiger partial charge is 0.255 e. The van der Waals surface area contributed by atoms with Crippen LogP contribution >= 0.6 is 0 Å². The maximum Gasteiger partial charge on any atom is 0.255 e. The van der Waals surface area contributed by atoms with Crippen molar-refractivity contribution >= 4 is 17.9 Å². The lowest BCUT2D eigenvalue weighted by molar-refractivity contribution is -0.124. The highest BCUT2D eigenvalue weighted by molar-refractivity contribution is 5.91. The maximum atomic E-state index is 12.3. The van der Waals surface area contributed by atoms with E-state index in [1.54, 1.807) is 42.3 Å². The Kier molecular flexibility index (Phi) is 7.59. The number of benzene rings is 2. The topological polar surface area (TPSA) is 98.7 Å². The number of aromatic nitrogens is 1. The third-order valence-electron chi connectivity index (χ3n) is 4.60. The van der Waals surface area contributed by atoms with E-state index in [0.717, 1.165) is 29.0 Å². The van der Waals surface area contributed by atoms with Crippen molar-refractivity contribution < 1.29 is 18.8 Å². The molecule has 7 heteroatoms. The van der Waals surface area contributed by atoms with Gasteiger partial charge in [0.15, 0.2) is 6.61 Å². The molecule has 0 saturated carbocycles. The van der Waals surface area contributed by atoms with Gasteiger partial charge in [0.25, 0.3) is 5.91 Å². The lowest BCUT2D eigenvalue weighted by atomic mass is 10.1. The van der Waals surface area contributed by atoms with Gasteiger partial charge in [-0.15, -0.1) is 0 Å². The molecule has 0 radical (unpaired) electrons. The van der Waals surface area contributed by atoms with E-state index in [1.165, 1.54) is 6.08 Å². The fourth-order valence-electron chi connectivity index (χ4n) is 2.90. The summed E-state index contributed by atoms with van der Waals surface area (Å²) < 4.78 is 10.6. The highest BCUT2D eigenvalue weighted by Crippen LogP contribution is 2.19. The van der Waals surface area contributed by atoms with Crippen LogP contribution in [0.1, 0.15) is 17.7 Å². The minimum absolute atomic E-state index is 0.0865. The molecular formula is C24H25N3O4. The Bertz CT molecular complexity index is 1030. The Morgan fingerprint density at radius 3 is 2.58 bits per heavy atom. The lowest BCUT2D eigenvalue weighted by Gasteiger charge is -2.14. The van der Waals surface area contributed by atoms with Crippen LogP contribution in [0.4, 0.5) is 0 Å². The Morgan fingerprint density at radius 2 is 1.87 bits per heavy atom. The number of nitrogens with two attached hydrogens (primary N) is 1. The van der Waals surface area contributed by atoms with Crippen molar-refractivity contribution in [3.8, 4) is 17.0 Å². The highest BCUT2D eigenvalue weighted by Gasteiger charge is 2.08. The van der Waals surface area contributed by atoms with Crippen molar-refractivity contribution in [2.24, 2.45) is 5.73 Å². The molecule has 0 saturated heterocycles. The summed E-state index contributed by atoms with van der Waals surface area (Å²) in [5, 5.41) is 4.11. The molecule has 1 aromatic heterocycles. The van der Waals surface area contributed by atoms with Gasteiger partial charge in [0.1, 0.15) is 17.2 Å². The first-order valence-electron chi connectivity index (χ1n) is 9.96. The number of primary amides is 1. The van der Waals surface area contributed by atoms with Crippen LogP contribution in [0.3, 0.4) is 0 Å². The molecular weight excluding hydrogens is 394 g/mol. The molecule has 3 rings (SSSR count). The number of carbonyl (C=O) groups excluding carboxylic acids is 2. The van der Waals surface area contributed by atoms with Crippen molar-refractivity contribution in [3.63, 3.8) is 0 Å². The number of rotatable bonds is 10. The SMILES string of the molecule is CN(CCCc1cc(-c2ccccc2)no1)C(=O)/C=C/c1ccc(OCC(N)=O)cc1. The van der Waals surface area contributed by atoms with E-state index in [4.69, 9.17) is 15.0 Å². The summed E-state index contributed by atoms with van der Waals surface area (Å²) in [5.41, 5.74) is 7.73. The Labute approximate surface area is 181 Å². The summed E-state index contributed by atoms with van der Waals surface area (Å²) >= 11 is 0. The van der Waals surface area contributed by atoms with E-state index >= 15 is 0 Å². The Balaban J connectivity index is 1.43. The molecule has 0 fully saturated rings. The first-order chi connectivity index (χ1) is 15.0. The summed E-state index contributed by atoms with van der Waals surface area (Å²) in [6.45, 7) is 0.435. The second kappa shape index (κ2) is 10.8. The zero-order valence-electron chi connectivity index (χ0n) is 17.4. The molecule has 0 aliphatic heterocycles. The van der Waals surface area contributed by atoms with Crippen molar-refractivity contribution in [1.82, 2.24) is 10.1 Å². The number of likely N-dealkylation sites (N-methyl/N-ethyl adjacent to an activating group) is 1. The van der Waals surface area contributed by atoms with E-state index in [1.807, 2.05) is 36.4 Å². The van der Waals surface area contributed by atoms with Crippen molar-refractivity contribution in [2.45, 2.75) is 12.8 Å². The second-order valence-corrected chi connectivity index (χ2v) is 7.07. The van der Waals surface area contributed by atoms with Crippen molar-refractivity contribution in [3.05, 3.63) is 78.1 Å². The number of amides is 2. The summed E-state index contributed by atoms with van der Waals surface area (Å²) in [7, 11) is 1.77. The standard InChI is InChI=1S/C24H25N3O4/c1-27(15-5-8-21-16-22(26-31-21)19-6-3-2-4-7-19)24(29)14-11-18-9-12-20(13-10-18)30-17-23(25)28/h2-4,6-7,9-14,16H,5,8,15,17H2,1H3,(H2,25,28)/b14-11+. The minimum atomic E-state index is -0.530. The van der Waals surface area contributed by atoms with Crippen LogP contribution in [-0.4, -0.2) is 42.1 Å². The molecule has 160 valence electrons. The normalized spacial score (nSPS) is 10.9. The molecule has 2 aromatic carbocycles.